The van der Waals surface area contributed by atoms with Crippen molar-refractivity contribution in [1.29, 1.82) is 0 Å². The third kappa shape index (κ3) is 2.49. The molecule has 0 spiro atoms. The van der Waals surface area contributed by atoms with E-state index < -0.39 is 0 Å². The molecule has 1 N–H and O–H groups in total. The summed E-state index contributed by atoms with van der Waals surface area (Å²) in [6, 6.07) is 0. The van der Waals surface area contributed by atoms with Crippen molar-refractivity contribution in [3.05, 3.63) is 12.5 Å². The maximum atomic E-state index is 5.79. The molecule has 6 heteroatoms. The summed E-state index contributed by atoms with van der Waals surface area (Å²) in [6.07, 6.45) is 4.18. The standard InChI is InChI=1S/C11H16ClN5/c1-11(2,4-5-12)16-9-8-6-15-17(3)10(8)14-7-13-9/h6-7H,4-5H2,1-3H3,(H,13,14,16). The summed E-state index contributed by atoms with van der Waals surface area (Å²) < 4.78 is 1.73. The van der Waals surface area contributed by atoms with Gasteiger partial charge in [-0.1, -0.05) is 0 Å². The highest BCUT2D eigenvalue weighted by Gasteiger charge is 2.19. The van der Waals surface area contributed by atoms with E-state index >= 15 is 0 Å². The number of nitrogens with one attached hydrogen (secondary N) is 1. The van der Waals surface area contributed by atoms with Crippen LogP contribution in [0.1, 0.15) is 20.3 Å². The Bertz CT molecular complexity index is 520. The Labute approximate surface area is 105 Å². The Balaban J connectivity index is 2.36. The summed E-state index contributed by atoms with van der Waals surface area (Å²) >= 11 is 5.79. The summed E-state index contributed by atoms with van der Waals surface area (Å²) in [6.45, 7) is 4.19. The van der Waals surface area contributed by atoms with Gasteiger partial charge in [-0.3, -0.25) is 4.68 Å². The van der Waals surface area contributed by atoms with Crippen molar-refractivity contribution in [3.63, 3.8) is 0 Å². The average molecular weight is 254 g/mol. The number of hydrogen-bond donors (Lipinski definition) is 1. The van der Waals surface area contributed by atoms with Crippen LogP contribution >= 0.6 is 11.6 Å². The first-order chi connectivity index (χ1) is 8.03. The van der Waals surface area contributed by atoms with Gasteiger partial charge in [-0.15, -0.1) is 11.6 Å². The van der Waals surface area contributed by atoms with Gasteiger partial charge in [0.25, 0.3) is 0 Å². The fourth-order valence-electron chi connectivity index (χ4n) is 1.68. The predicted octanol–water partition coefficient (Wildman–Crippen LogP) is 2.18. The summed E-state index contributed by atoms with van der Waals surface area (Å²) in [4.78, 5) is 8.47. The molecule has 0 amide bonds. The van der Waals surface area contributed by atoms with Gasteiger partial charge in [0.05, 0.1) is 11.6 Å². The van der Waals surface area contributed by atoms with Gasteiger partial charge >= 0.3 is 0 Å². The lowest BCUT2D eigenvalue weighted by molar-refractivity contribution is 0.549. The van der Waals surface area contributed by atoms with Crippen LogP contribution in [0.4, 0.5) is 5.82 Å². The van der Waals surface area contributed by atoms with E-state index in [1.54, 1.807) is 17.2 Å². The zero-order chi connectivity index (χ0) is 12.5. The summed E-state index contributed by atoms with van der Waals surface area (Å²) in [7, 11) is 1.86. The second-order valence-corrected chi connectivity index (χ2v) is 5.05. The molecule has 0 fully saturated rings. The number of fused-ring (bicyclic) bond motifs is 1. The number of aromatic nitrogens is 4. The SMILES string of the molecule is Cn1ncc2c(NC(C)(C)CCCl)ncnc21. The molecule has 0 bridgehead atoms. The predicted molar refractivity (Wildman–Crippen MR) is 69.3 cm³/mol. The van der Waals surface area contributed by atoms with Crippen molar-refractivity contribution in [3.8, 4) is 0 Å². The summed E-state index contributed by atoms with van der Waals surface area (Å²) in [5, 5.41) is 8.50. The minimum atomic E-state index is -0.0983. The van der Waals surface area contributed by atoms with Gasteiger partial charge in [0.2, 0.25) is 0 Å². The molecule has 2 heterocycles. The van der Waals surface area contributed by atoms with Gasteiger partial charge in [0.1, 0.15) is 12.1 Å². The highest BCUT2D eigenvalue weighted by molar-refractivity contribution is 6.17. The minimum Gasteiger partial charge on any atom is -0.364 e. The smallest absolute Gasteiger partial charge is 0.163 e. The molecule has 5 nitrogen and oxygen atoms in total. The maximum absolute atomic E-state index is 5.79. The van der Waals surface area contributed by atoms with Crippen molar-refractivity contribution in [2.45, 2.75) is 25.8 Å². The molecule has 0 radical (unpaired) electrons. The lowest BCUT2D eigenvalue weighted by atomic mass is 10.0. The van der Waals surface area contributed by atoms with Crippen molar-refractivity contribution in [2.75, 3.05) is 11.2 Å². The van der Waals surface area contributed by atoms with E-state index in [0.29, 0.717) is 5.88 Å². The molecule has 17 heavy (non-hydrogen) atoms. The van der Waals surface area contributed by atoms with Crippen LogP contribution in [0.3, 0.4) is 0 Å². The van der Waals surface area contributed by atoms with Crippen LogP contribution in [0.25, 0.3) is 11.0 Å². The molecule has 0 atom stereocenters. The number of halogens is 1. The Kier molecular flexibility index (Phi) is 3.19. The molecule has 92 valence electrons. The second kappa shape index (κ2) is 4.49. The summed E-state index contributed by atoms with van der Waals surface area (Å²) in [5.74, 6) is 1.42. The first kappa shape index (κ1) is 12.1. The van der Waals surface area contributed by atoms with Gasteiger partial charge in [-0.2, -0.15) is 5.10 Å². The van der Waals surface area contributed by atoms with E-state index in [0.717, 1.165) is 23.3 Å². The number of hydrogen-bond acceptors (Lipinski definition) is 4. The van der Waals surface area contributed by atoms with Crippen molar-refractivity contribution in [2.24, 2.45) is 7.05 Å². The van der Waals surface area contributed by atoms with E-state index in [2.05, 4.69) is 34.2 Å². The topological polar surface area (TPSA) is 55.6 Å². The molecule has 0 saturated carbocycles. The largest absolute Gasteiger partial charge is 0.364 e. The van der Waals surface area contributed by atoms with Crippen LogP contribution in [-0.4, -0.2) is 31.2 Å². The third-order valence-electron chi connectivity index (χ3n) is 2.71. The zero-order valence-corrected chi connectivity index (χ0v) is 11.0. The molecule has 2 aromatic rings. The third-order valence-corrected chi connectivity index (χ3v) is 2.89. The molecule has 2 aromatic heterocycles. The molecule has 2 rings (SSSR count). The van der Waals surface area contributed by atoms with Gasteiger partial charge in [-0.05, 0) is 20.3 Å². The lowest BCUT2D eigenvalue weighted by Crippen LogP contribution is -2.31. The van der Waals surface area contributed by atoms with Crippen LogP contribution in [0.2, 0.25) is 0 Å². The van der Waals surface area contributed by atoms with Crippen molar-refractivity contribution in [1.82, 2.24) is 19.7 Å². The first-order valence-corrected chi connectivity index (χ1v) is 6.04. The van der Waals surface area contributed by atoms with Crippen LogP contribution in [0, 0.1) is 0 Å². The van der Waals surface area contributed by atoms with Crippen LogP contribution in [0.15, 0.2) is 12.5 Å². The van der Waals surface area contributed by atoms with Crippen LogP contribution in [-0.2, 0) is 7.05 Å². The normalized spacial score (nSPS) is 12.0. The van der Waals surface area contributed by atoms with Gasteiger partial charge in [-0.25, -0.2) is 9.97 Å². The van der Waals surface area contributed by atoms with E-state index in [-0.39, 0.29) is 5.54 Å². The molecular weight excluding hydrogens is 238 g/mol. The second-order valence-electron chi connectivity index (χ2n) is 4.68. The number of nitrogens with zero attached hydrogens (tertiary/aromatic N) is 4. The molecular formula is C11H16ClN5. The Morgan fingerprint density at radius 1 is 1.41 bits per heavy atom. The Hall–Kier alpha value is -1.36. The molecule has 0 aliphatic heterocycles. The highest BCUT2D eigenvalue weighted by Crippen LogP contribution is 2.23. The van der Waals surface area contributed by atoms with Gasteiger partial charge in [0.15, 0.2) is 5.65 Å². The maximum Gasteiger partial charge on any atom is 0.163 e. The van der Waals surface area contributed by atoms with E-state index in [1.165, 1.54) is 0 Å². The van der Waals surface area contributed by atoms with Crippen molar-refractivity contribution < 1.29 is 0 Å². The van der Waals surface area contributed by atoms with Crippen molar-refractivity contribution >= 4 is 28.5 Å². The van der Waals surface area contributed by atoms with E-state index in [9.17, 15) is 0 Å². The molecule has 0 saturated heterocycles. The molecule has 0 aromatic carbocycles. The zero-order valence-electron chi connectivity index (χ0n) is 10.2. The van der Waals surface area contributed by atoms with Crippen LogP contribution < -0.4 is 5.32 Å². The number of alkyl halides is 1. The highest BCUT2D eigenvalue weighted by atomic mass is 35.5. The minimum absolute atomic E-state index is 0.0983. The average Bonchev–Trinajstić information content (AvgIpc) is 2.61. The monoisotopic (exact) mass is 253 g/mol. The molecule has 0 unspecified atom stereocenters. The quantitative estimate of drug-likeness (QED) is 0.849. The summed E-state index contributed by atoms with van der Waals surface area (Å²) in [5.41, 5.74) is 0.725. The molecule has 0 aliphatic carbocycles. The first-order valence-electron chi connectivity index (χ1n) is 5.50. The Morgan fingerprint density at radius 3 is 2.88 bits per heavy atom. The number of anilines is 1. The lowest BCUT2D eigenvalue weighted by Gasteiger charge is -2.26. The number of aryl methyl sites for hydroxylation is 1. The van der Waals surface area contributed by atoms with E-state index in [4.69, 9.17) is 11.6 Å². The van der Waals surface area contributed by atoms with Gasteiger partial charge < -0.3 is 5.32 Å². The number of rotatable bonds is 4. The molecule has 0 aliphatic rings. The van der Waals surface area contributed by atoms with Gasteiger partial charge in [0, 0.05) is 18.5 Å². The fraction of sp³-hybridized carbons (Fsp3) is 0.545. The van der Waals surface area contributed by atoms with E-state index in [1.807, 2.05) is 7.05 Å². The van der Waals surface area contributed by atoms with Crippen LogP contribution in [0.5, 0.6) is 0 Å². The Morgan fingerprint density at radius 2 is 2.18 bits per heavy atom. The fourth-order valence-corrected chi connectivity index (χ4v) is 2.15.